The van der Waals surface area contributed by atoms with Crippen LogP contribution in [0.2, 0.25) is 5.02 Å². The summed E-state index contributed by atoms with van der Waals surface area (Å²) in [7, 11) is 0. The first-order valence-electron chi connectivity index (χ1n) is 21.6. The first kappa shape index (κ1) is 47.1. The topological polar surface area (TPSA) is 215 Å². The van der Waals surface area contributed by atoms with Crippen LogP contribution in [0.25, 0.3) is 0 Å². The van der Waals surface area contributed by atoms with Gasteiger partial charge in [0, 0.05) is 65.8 Å². The van der Waals surface area contributed by atoms with Gasteiger partial charge >= 0.3 is 0 Å². The van der Waals surface area contributed by atoms with Gasteiger partial charge in [-0.05, 0) is 48.4 Å². The summed E-state index contributed by atoms with van der Waals surface area (Å²) in [6.07, 6.45) is -0.109. The Labute approximate surface area is 382 Å². The van der Waals surface area contributed by atoms with Gasteiger partial charge in [0.25, 0.3) is 23.6 Å². The van der Waals surface area contributed by atoms with Crippen LogP contribution < -0.4 is 20.7 Å². The number of piperidine rings is 1. The smallest absolute Gasteiger partial charge is 0.264 e. The molecule has 0 spiro atoms. The number of nitrogens with one attached hydrogen (secondary N) is 3. The van der Waals surface area contributed by atoms with Crippen molar-refractivity contribution in [2.75, 3.05) is 71.3 Å². The number of carbonyl (C=O) groups is 6. The molecule has 2 fully saturated rings. The van der Waals surface area contributed by atoms with Crippen molar-refractivity contribution in [3.63, 3.8) is 0 Å². The van der Waals surface area contributed by atoms with Crippen LogP contribution in [0.4, 0.5) is 5.69 Å². The predicted molar refractivity (Wildman–Crippen MR) is 235 cm³/mol. The van der Waals surface area contributed by atoms with Crippen molar-refractivity contribution in [3.05, 3.63) is 93.0 Å². The van der Waals surface area contributed by atoms with Gasteiger partial charge < -0.3 is 39.2 Å². The maximum Gasteiger partial charge on any atom is 0.264 e. The van der Waals surface area contributed by atoms with Crippen molar-refractivity contribution in [1.29, 1.82) is 5.26 Å². The SMILES string of the molecule is CC1(C)C(NC(=O)c2ccc3c(c2)C(=O)N(CCOCCOCCOCCOCCNc2cccc4c2C(=O)N(C2CCC(=O)NC2=O)C4=O)C3)C(C)(C)C1Oc1ccc(C#N)c(Cl)c1. The number of nitrogens with zero attached hydrogens (tertiary/aromatic N) is 3. The quantitative estimate of drug-likeness (QED) is 0.100. The molecule has 0 bridgehead atoms. The standard InChI is InChI=1S/C47H53ClN6O11/c1-46(2)44(47(3,4)45(46)65-31-11-10-29(26-49)34(48)25-31)52-39(56)28-8-9-30-27-53(41(58)33(30)24-28)15-17-62-19-21-64-23-22-63-20-18-61-16-14-50-35-7-5-6-32-38(35)43(60)54(42(32)59)36-12-13-37(55)51-40(36)57/h5-11,24-25,36,44-45,50H,12-23,27H2,1-4H3,(H,52,56)(H,51,55,57). The zero-order chi connectivity index (χ0) is 46.5. The van der Waals surface area contributed by atoms with E-state index >= 15 is 0 Å². The van der Waals surface area contributed by atoms with E-state index in [2.05, 4.69) is 16.0 Å². The zero-order valence-electron chi connectivity index (χ0n) is 36.8. The highest BCUT2D eigenvalue weighted by Gasteiger charge is 2.64. The molecule has 0 radical (unpaired) electrons. The molecule has 6 amide bonds. The van der Waals surface area contributed by atoms with Crippen molar-refractivity contribution in [3.8, 4) is 11.8 Å². The van der Waals surface area contributed by atoms with E-state index in [9.17, 15) is 34.0 Å². The fourth-order valence-corrected chi connectivity index (χ4v) is 9.56. The largest absolute Gasteiger partial charge is 0.489 e. The Kier molecular flexibility index (Phi) is 14.6. The lowest BCUT2D eigenvalue weighted by molar-refractivity contribution is -0.164. The molecule has 3 aliphatic heterocycles. The number of ether oxygens (including phenoxy) is 5. The summed E-state index contributed by atoms with van der Waals surface area (Å²) in [5, 5.41) is 18.0. The molecule has 17 nitrogen and oxygen atoms in total. The molecule has 65 heavy (non-hydrogen) atoms. The van der Waals surface area contributed by atoms with Gasteiger partial charge in [-0.15, -0.1) is 0 Å². The normalized spacial score (nSPS) is 20.5. The highest BCUT2D eigenvalue weighted by Crippen LogP contribution is 2.55. The van der Waals surface area contributed by atoms with Crippen molar-refractivity contribution in [1.82, 2.24) is 20.4 Å². The number of fused-ring (bicyclic) bond motifs is 2. The highest BCUT2D eigenvalue weighted by atomic mass is 35.5. The molecule has 3 aromatic carbocycles. The van der Waals surface area contributed by atoms with Gasteiger partial charge in [-0.2, -0.15) is 5.26 Å². The summed E-state index contributed by atoms with van der Waals surface area (Å²) in [5.41, 5.74) is 2.11. The molecular weight excluding hydrogens is 860 g/mol. The van der Waals surface area contributed by atoms with E-state index in [0.29, 0.717) is 106 Å². The molecule has 3 N–H and O–H groups in total. The number of imide groups is 2. The Morgan fingerprint density at radius 3 is 2.17 bits per heavy atom. The van der Waals surface area contributed by atoms with Crippen LogP contribution in [0.15, 0.2) is 54.6 Å². The number of hydrogen-bond donors (Lipinski definition) is 3. The van der Waals surface area contributed by atoms with E-state index in [1.54, 1.807) is 53.4 Å². The van der Waals surface area contributed by atoms with Gasteiger partial charge in [-0.1, -0.05) is 51.4 Å². The Morgan fingerprint density at radius 1 is 0.831 bits per heavy atom. The summed E-state index contributed by atoms with van der Waals surface area (Å²) >= 11 is 6.23. The third kappa shape index (κ3) is 10.0. The molecule has 1 atom stereocenters. The molecule has 1 aliphatic carbocycles. The van der Waals surface area contributed by atoms with Crippen LogP contribution in [0.1, 0.15) is 93.1 Å². The van der Waals surface area contributed by atoms with E-state index in [0.717, 1.165) is 10.5 Å². The zero-order valence-corrected chi connectivity index (χ0v) is 37.6. The predicted octanol–water partition coefficient (Wildman–Crippen LogP) is 4.36. The average molecular weight is 913 g/mol. The highest BCUT2D eigenvalue weighted by molar-refractivity contribution is 6.31. The van der Waals surface area contributed by atoms with E-state index < -0.39 is 40.5 Å². The molecule has 3 aromatic rings. The third-order valence-electron chi connectivity index (χ3n) is 12.3. The first-order valence-corrected chi connectivity index (χ1v) is 22.0. The minimum atomic E-state index is -1.03. The number of nitriles is 1. The molecule has 4 aliphatic rings. The van der Waals surface area contributed by atoms with Crippen molar-refractivity contribution in [2.24, 2.45) is 10.8 Å². The van der Waals surface area contributed by atoms with Crippen LogP contribution >= 0.6 is 11.6 Å². The monoisotopic (exact) mass is 912 g/mol. The van der Waals surface area contributed by atoms with E-state index in [1.807, 2.05) is 39.8 Å². The van der Waals surface area contributed by atoms with Crippen LogP contribution in [0, 0.1) is 22.2 Å². The molecule has 1 saturated heterocycles. The Bertz CT molecular complexity index is 2380. The second-order valence-electron chi connectivity index (χ2n) is 17.5. The minimum Gasteiger partial charge on any atom is -0.489 e. The van der Waals surface area contributed by atoms with Crippen LogP contribution in [-0.4, -0.2) is 129 Å². The molecule has 1 unspecified atom stereocenters. The third-order valence-corrected chi connectivity index (χ3v) is 12.6. The maximum absolute atomic E-state index is 13.5. The van der Waals surface area contributed by atoms with Crippen molar-refractivity contribution in [2.45, 2.75) is 65.3 Å². The summed E-state index contributed by atoms with van der Waals surface area (Å²) in [4.78, 5) is 79.7. The number of halogens is 1. The maximum atomic E-state index is 13.5. The number of benzene rings is 3. The molecule has 1 saturated carbocycles. The Morgan fingerprint density at radius 2 is 1.51 bits per heavy atom. The fraction of sp³-hybridized carbons (Fsp3) is 0.468. The van der Waals surface area contributed by atoms with Gasteiger partial charge in [-0.3, -0.25) is 39.0 Å². The summed E-state index contributed by atoms with van der Waals surface area (Å²) in [5.74, 6) is -2.10. The lowest BCUT2D eigenvalue weighted by atomic mass is 9.49. The van der Waals surface area contributed by atoms with Gasteiger partial charge in [0.2, 0.25) is 11.8 Å². The second kappa shape index (κ2) is 20.1. The summed E-state index contributed by atoms with van der Waals surface area (Å²) in [6, 6.07) is 15.9. The van der Waals surface area contributed by atoms with E-state index in [4.69, 9.17) is 35.3 Å². The second-order valence-corrected chi connectivity index (χ2v) is 17.9. The molecular formula is C47H53ClN6O11. The van der Waals surface area contributed by atoms with Gasteiger partial charge in [0.1, 0.15) is 24.0 Å². The lowest BCUT2D eigenvalue weighted by Crippen LogP contribution is -2.74. The van der Waals surface area contributed by atoms with E-state index in [-0.39, 0.29) is 47.9 Å². The Balaban J connectivity index is 0.728. The number of amides is 6. The first-order chi connectivity index (χ1) is 31.1. The van der Waals surface area contributed by atoms with E-state index in [1.165, 1.54) is 0 Å². The van der Waals surface area contributed by atoms with Gasteiger partial charge in [0.15, 0.2) is 0 Å². The number of anilines is 1. The number of rotatable bonds is 21. The van der Waals surface area contributed by atoms with Crippen LogP contribution in [0.3, 0.4) is 0 Å². The number of hydrogen-bond acceptors (Lipinski definition) is 13. The summed E-state index contributed by atoms with van der Waals surface area (Å²) in [6.45, 7) is 12.0. The minimum absolute atomic E-state index is 0.0503. The van der Waals surface area contributed by atoms with Crippen LogP contribution in [-0.2, 0) is 35.1 Å². The molecule has 7 rings (SSSR count). The molecule has 3 heterocycles. The molecule has 18 heteroatoms. The van der Waals surface area contributed by atoms with Crippen molar-refractivity contribution < 1.29 is 52.5 Å². The number of carbonyl (C=O) groups excluding carboxylic acids is 6. The molecule has 0 aromatic heterocycles. The van der Waals surface area contributed by atoms with Crippen molar-refractivity contribution >= 4 is 52.7 Å². The van der Waals surface area contributed by atoms with Gasteiger partial charge in [-0.25, -0.2) is 0 Å². The van der Waals surface area contributed by atoms with Gasteiger partial charge in [0.05, 0.1) is 74.6 Å². The Hall–Kier alpha value is -5.90. The average Bonchev–Trinajstić information content (AvgIpc) is 3.73. The summed E-state index contributed by atoms with van der Waals surface area (Å²) < 4.78 is 28.9. The lowest BCUT2D eigenvalue weighted by Gasteiger charge is -2.63. The fourth-order valence-electron chi connectivity index (χ4n) is 9.35. The molecule has 344 valence electrons. The van der Waals surface area contributed by atoms with Crippen LogP contribution in [0.5, 0.6) is 5.75 Å².